The summed E-state index contributed by atoms with van der Waals surface area (Å²) in [7, 11) is 0. The molecule has 3 rings (SSSR count). The molecule has 24 heavy (non-hydrogen) atoms. The van der Waals surface area contributed by atoms with Crippen molar-refractivity contribution in [2.75, 3.05) is 0 Å². The minimum absolute atomic E-state index is 0.0915. The fourth-order valence-electron chi connectivity index (χ4n) is 2.33. The first-order chi connectivity index (χ1) is 11.5. The van der Waals surface area contributed by atoms with Crippen LogP contribution in [0, 0.1) is 0 Å². The summed E-state index contributed by atoms with van der Waals surface area (Å²) in [6, 6.07) is 13.7. The van der Waals surface area contributed by atoms with Crippen LogP contribution in [0.4, 0.5) is 0 Å². The molecule has 1 N–H and O–H groups in total. The average Bonchev–Trinajstić information content (AvgIpc) is 2.55. The Balaban J connectivity index is 2.25. The van der Waals surface area contributed by atoms with Gasteiger partial charge in [-0.15, -0.1) is 0 Å². The molecule has 3 aromatic rings. The lowest BCUT2D eigenvalue weighted by atomic mass is 9.98. The summed E-state index contributed by atoms with van der Waals surface area (Å²) in [6.45, 7) is 0. The molecule has 0 unspecified atom stereocenters. The highest BCUT2D eigenvalue weighted by Gasteiger charge is 2.15. The molecule has 0 saturated carbocycles. The fourth-order valence-corrected chi connectivity index (χ4v) is 2.95. The van der Waals surface area contributed by atoms with Crippen molar-refractivity contribution >= 4 is 40.8 Å². The van der Waals surface area contributed by atoms with Crippen LogP contribution in [0.1, 0.15) is 10.4 Å². The number of halogens is 3. The zero-order valence-electron chi connectivity index (χ0n) is 12.1. The van der Waals surface area contributed by atoms with E-state index < -0.39 is 5.97 Å². The van der Waals surface area contributed by atoms with Crippen molar-refractivity contribution in [2.24, 2.45) is 0 Å². The Labute approximate surface area is 153 Å². The molecular weight excluding hydrogens is 369 g/mol. The molecule has 0 aliphatic carbocycles. The van der Waals surface area contributed by atoms with E-state index in [2.05, 4.69) is 4.98 Å². The fraction of sp³-hybridized carbons (Fsp3) is 0. The highest BCUT2D eigenvalue weighted by atomic mass is 35.5. The van der Waals surface area contributed by atoms with E-state index in [1.807, 2.05) is 0 Å². The quantitative estimate of drug-likeness (QED) is 0.601. The van der Waals surface area contributed by atoms with Crippen molar-refractivity contribution in [3.63, 3.8) is 0 Å². The number of pyridine rings is 1. The predicted molar refractivity (Wildman–Crippen MR) is 97.1 cm³/mol. The summed E-state index contributed by atoms with van der Waals surface area (Å²) in [5.74, 6) is -1.05. The molecule has 0 aliphatic heterocycles. The molecule has 120 valence electrons. The minimum Gasteiger partial charge on any atom is -0.478 e. The monoisotopic (exact) mass is 377 g/mol. The van der Waals surface area contributed by atoms with Gasteiger partial charge in [-0.1, -0.05) is 46.9 Å². The Bertz CT molecular complexity index is 924. The van der Waals surface area contributed by atoms with Crippen LogP contribution in [-0.2, 0) is 0 Å². The van der Waals surface area contributed by atoms with E-state index in [1.54, 1.807) is 48.5 Å². The van der Waals surface area contributed by atoms with Crippen LogP contribution in [0.15, 0.2) is 54.7 Å². The van der Waals surface area contributed by atoms with Crippen LogP contribution in [0.2, 0.25) is 15.1 Å². The van der Waals surface area contributed by atoms with E-state index in [0.717, 1.165) is 5.56 Å². The summed E-state index contributed by atoms with van der Waals surface area (Å²) >= 11 is 18.2. The van der Waals surface area contributed by atoms with Crippen molar-refractivity contribution in [3.8, 4) is 22.4 Å². The number of aromatic nitrogens is 1. The third-order valence-electron chi connectivity index (χ3n) is 3.48. The van der Waals surface area contributed by atoms with Gasteiger partial charge in [-0.25, -0.2) is 4.79 Å². The maximum Gasteiger partial charge on any atom is 0.337 e. The van der Waals surface area contributed by atoms with Gasteiger partial charge in [0.05, 0.1) is 16.3 Å². The first-order valence-electron chi connectivity index (χ1n) is 6.90. The van der Waals surface area contributed by atoms with Crippen molar-refractivity contribution < 1.29 is 9.90 Å². The molecule has 0 saturated heterocycles. The minimum atomic E-state index is -1.05. The number of aromatic carboxylic acids is 1. The SMILES string of the molecule is O=C(O)c1cnc(-c2ccc(Cl)cc2Cl)c(-c2ccc(Cl)cc2)c1. The van der Waals surface area contributed by atoms with Crippen LogP contribution in [0.5, 0.6) is 0 Å². The first-order valence-corrected chi connectivity index (χ1v) is 8.04. The summed E-state index contributed by atoms with van der Waals surface area (Å²) in [4.78, 5) is 15.6. The molecule has 0 radical (unpaired) electrons. The second-order valence-corrected chi connectivity index (χ2v) is 6.34. The first kappa shape index (κ1) is 16.8. The molecule has 1 aromatic heterocycles. The normalized spacial score (nSPS) is 10.6. The van der Waals surface area contributed by atoms with Gasteiger partial charge in [0.25, 0.3) is 0 Å². The molecule has 0 spiro atoms. The number of hydrogen-bond donors (Lipinski definition) is 1. The van der Waals surface area contributed by atoms with Crippen molar-refractivity contribution in [2.45, 2.75) is 0 Å². The van der Waals surface area contributed by atoms with E-state index in [-0.39, 0.29) is 5.56 Å². The molecule has 1 heterocycles. The molecule has 3 nitrogen and oxygen atoms in total. The van der Waals surface area contributed by atoms with Crippen molar-refractivity contribution in [1.82, 2.24) is 4.98 Å². The lowest BCUT2D eigenvalue weighted by Crippen LogP contribution is -2.00. The highest BCUT2D eigenvalue weighted by Crippen LogP contribution is 2.36. The van der Waals surface area contributed by atoms with Gasteiger partial charge in [0.1, 0.15) is 0 Å². The van der Waals surface area contributed by atoms with Gasteiger partial charge in [0, 0.05) is 27.4 Å². The largest absolute Gasteiger partial charge is 0.478 e. The van der Waals surface area contributed by atoms with Crippen LogP contribution >= 0.6 is 34.8 Å². The average molecular weight is 379 g/mol. The predicted octanol–water partition coefficient (Wildman–Crippen LogP) is 6.07. The Morgan fingerprint density at radius 3 is 2.17 bits per heavy atom. The Morgan fingerprint density at radius 1 is 0.875 bits per heavy atom. The second kappa shape index (κ2) is 6.81. The van der Waals surface area contributed by atoms with Gasteiger partial charge in [-0.05, 0) is 42.0 Å². The van der Waals surface area contributed by atoms with Gasteiger partial charge in [-0.3, -0.25) is 4.98 Å². The Morgan fingerprint density at radius 2 is 1.54 bits per heavy atom. The number of rotatable bonds is 3. The molecule has 0 fully saturated rings. The molecule has 0 aliphatic rings. The van der Waals surface area contributed by atoms with Crippen LogP contribution in [0.3, 0.4) is 0 Å². The van der Waals surface area contributed by atoms with Gasteiger partial charge >= 0.3 is 5.97 Å². The van der Waals surface area contributed by atoms with Crippen LogP contribution < -0.4 is 0 Å². The second-order valence-electron chi connectivity index (χ2n) is 5.06. The van der Waals surface area contributed by atoms with Crippen LogP contribution in [-0.4, -0.2) is 16.1 Å². The molecule has 0 atom stereocenters. The Kier molecular flexibility index (Phi) is 4.76. The molecule has 6 heteroatoms. The molecular formula is C18H10Cl3NO2. The molecule has 2 aromatic carbocycles. The lowest BCUT2D eigenvalue weighted by molar-refractivity contribution is 0.0696. The zero-order chi connectivity index (χ0) is 17.3. The van der Waals surface area contributed by atoms with Crippen LogP contribution in [0.25, 0.3) is 22.4 Å². The van der Waals surface area contributed by atoms with Gasteiger partial charge in [0.2, 0.25) is 0 Å². The third-order valence-corrected chi connectivity index (χ3v) is 4.28. The molecule has 0 bridgehead atoms. The van der Waals surface area contributed by atoms with E-state index in [4.69, 9.17) is 34.8 Å². The molecule has 0 amide bonds. The summed E-state index contributed by atoms with van der Waals surface area (Å²) in [5, 5.41) is 10.8. The maximum atomic E-state index is 11.3. The number of benzene rings is 2. The maximum absolute atomic E-state index is 11.3. The summed E-state index contributed by atoms with van der Waals surface area (Å²) < 4.78 is 0. The van der Waals surface area contributed by atoms with Gasteiger partial charge in [-0.2, -0.15) is 0 Å². The topological polar surface area (TPSA) is 50.2 Å². The summed E-state index contributed by atoms with van der Waals surface area (Å²) in [5.41, 5.74) is 2.77. The van der Waals surface area contributed by atoms with E-state index in [9.17, 15) is 9.90 Å². The number of carboxylic acids is 1. The van der Waals surface area contributed by atoms with Crippen molar-refractivity contribution in [3.05, 3.63) is 75.4 Å². The van der Waals surface area contributed by atoms with E-state index in [0.29, 0.717) is 31.9 Å². The van der Waals surface area contributed by atoms with Crippen molar-refractivity contribution in [1.29, 1.82) is 0 Å². The standard InChI is InChI=1S/C18H10Cl3NO2/c19-12-3-1-10(2-4-12)15-7-11(18(23)24)9-22-17(15)14-6-5-13(20)8-16(14)21/h1-9H,(H,23,24). The van der Waals surface area contributed by atoms with Gasteiger partial charge in [0.15, 0.2) is 0 Å². The van der Waals surface area contributed by atoms with Gasteiger partial charge < -0.3 is 5.11 Å². The number of hydrogen-bond acceptors (Lipinski definition) is 2. The van der Waals surface area contributed by atoms with E-state index >= 15 is 0 Å². The Hall–Kier alpha value is -2.07. The third kappa shape index (κ3) is 3.39. The van der Waals surface area contributed by atoms with E-state index in [1.165, 1.54) is 6.20 Å². The zero-order valence-corrected chi connectivity index (χ0v) is 14.4. The number of carboxylic acid groups (broad SMARTS) is 1. The smallest absolute Gasteiger partial charge is 0.337 e. The lowest BCUT2D eigenvalue weighted by Gasteiger charge is -2.12. The number of nitrogens with zero attached hydrogens (tertiary/aromatic N) is 1. The number of carbonyl (C=O) groups is 1. The summed E-state index contributed by atoms with van der Waals surface area (Å²) in [6.07, 6.45) is 1.31. The highest BCUT2D eigenvalue weighted by molar-refractivity contribution is 6.36.